The Morgan fingerprint density at radius 2 is 1.84 bits per heavy atom. The number of nitrogens with zero attached hydrogens (tertiary/aromatic N) is 2. The van der Waals surface area contributed by atoms with Crippen molar-refractivity contribution < 1.29 is 8.78 Å². The number of para-hydroxylation sites is 1. The van der Waals surface area contributed by atoms with E-state index in [0.29, 0.717) is 16.8 Å². The Morgan fingerprint density at radius 3 is 2.53 bits per heavy atom. The first-order valence-electron chi connectivity index (χ1n) is 5.76. The van der Waals surface area contributed by atoms with Crippen LogP contribution in [0.2, 0.25) is 0 Å². The molecule has 0 bridgehead atoms. The van der Waals surface area contributed by atoms with Crippen LogP contribution in [0, 0.1) is 23.0 Å². The van der Waals surface area contributed by atoms with Crippen LogP contribution in [0.4, 0.5) is 14.5 Å². The molecular formula is C15H12F2N2. The van der Waals surface area contributed by atoms with Crippen molar-refractivity contribution in [3.05, 3.63) is 65.2 Å². The SMILES string of the molecule is CN(Cc1cc(C#N)ccc1F)c1ccccc1F. The summed E-state index contributed by atoms with van der Waals surface area (Å²) in [4.78, 5) is 1.61. The van der Waals surface area contributed by atoms with Gasteiger partial charge in [0.05, 0.1) is 17.3 Å². The summed E-state index contributed by atoms with van der Waals surface area (Å²) in [5, 5.41) is 8.80. The van der Waals surface area contributed by atoms with Crippen molar-refractivity contribution in [1.29, 1.82) is 5.26 Å². The molecule has 0 aliphatic carbocycles. The summed E-state index contributed by atoms with van der Waals surface area (Å²) < 4.78 is 27.3. The van der Waals surface area contributed by atoms with Gasteiger partial charge in [0, 0.05) is 19.2 Å². The van der Waals surface area contributed by atoms with Crippen LogP contribution in [0.25, 0.3) is 0 Å². The number of rotatable bonds is 3. The molecule has 96 valence electrons. The summed E-state index contributed by atoms with van der Waals surface area (Å²) in [7, 11) is 1.68. The lowest BCUT2D eigenvalue weighted by molar-refractivity contribution is 0.601. The molecule has 0 radical (unpaired) electrons. The third kappa shape index (κ3) is 2.89. The van der Waals surface area contributed by atoms with Crippen LogP contribution in [0.5, 0.6) is 0 Å². The molecule has 0 saturated heterocycles. The van der Waals surface area contributed by atoms with Crippen LogP contribution in [0.15, 0.2) is 42.5 Å². The lowest BCUT2D eigenvalue weighted by Gasteiger charge is -2.20. The van der Waals surface area contributed by atoms with Gasteiger partial charge in [-0.15, -0.1) is 0 Å². The molecule has 0 aliphatic rings. The Labute approximate surface area is 110 Å². The van der Waals surface area contributed by atoms with Gasteiger partial charge in [0.15, 0.2) is 0 Å². The first-order chi connectivity index (χ1) is 9.11. The van der Waals surface area contributed by atoms with Gasteiger partial charge in [0.1, 0.15) is 11.6 Å². The number of benzene rings is 2. The van der Waals surface area contributed by atoms with Gasteiger partial charge in [0.25, 0.3) is 0 Å². The quantitative estimate of drug-likeness (QED) is 0.842. The van der Waals surface area contributed by atoms with E-state index in [-0.39, 0.29) is 12.4 Å². The molecule has 0 aromatic heterocycles. The van der Waals surface area contributed by atoms with Crippen molar-refractivity contribution in [2.75, 3.05) is 11.9 Å². The second-order valence-corrected chi connectivity index (χ2v) is 4.23. The van der Waals surface area contributed by atoms with Crippen LogP contribution in [-0.4, -0.2) is 7.05 Å². The van der Waals surface area contributed by atoms with Gasteiger partial charge in [-0.05, 0) is 30.3 Å². The summed E-state index contributed by atoms with van der Waals surface area (Å²) in [6.07, 6.45) is 0. The number of hydrogen-bond donors (Lipinski definition) is 0. The highest BCUT2D eigenvalue weighted by atomic mass is 19.1. The molecular weight excluding hydrogens is 246 g/mol. The van der Waals surface area contributed by atoms with Crippen LogP contribution in [0.1, 0.15) is 11.1 Å². The molecule has 2 aromatic carbocycles. The summed E-state index contributed by atoms with van der Waals surface area (Å²) in [5.74, 6) is -0.760. The molecule has 0 fully saturated rings. The predicted molar refractivity (Wildman–Crippen MR) is 69.6 cm³/mol. The number of anilines is 1. The average Bonchev–Trinajstić information content (AvgIpc) is 2.41. The lowest BCUT2D eigenvalue weighted by atomic mass is 10.1. The minimum atomic E-state index is -0.401. The van der Waals surface area contributed by atoms with E-state index in [9.17, 15) is 8.78 Å². The number of hydrogen-bond acceptors (Lipinski definition) is 2. The third-order valence-electron chi connectivity index (χ3n) is 2.85. The summed E-state index contributed by atoms with van der Waals surface area (Å²) in [6, 6.07) is 12.4. The number of nitriles is 1. The molecule has 0 N–H and O–H groups in total. The summed E-state index contributed by atoms with van der Waals surface area (Å²) >= 11 is 0. The third-order valence-corrected chi connectivity index (χ3v) is 2.85. The van der Waals surface area contributed by atoms with Gasteiger partial charge in [-0.2, -0.15) is 5.26 Å². The van der Waals surface area contributed by atoms with E-state index in [1.54, 1.807) is 30.1 Å². The van der Waals surface area contributed by atoms with Gasteiger partial charge < -0.3 is 4.90 Å². The average molecular weight is 258 g/mol. The molecule has 0 atom stereocenters. The minimum Gasteiger partial charge on any atom is -0.368 e. The maximum absolute atomic E-state index is 13.7. The van der Waals surface area contributed by atoms with E-state index in [2.05, 4.69) is 0 Å². The van der Waals surface area contributed by atoms with Gasteiger partial charge in [-0.25, -0.2) is 8.78 Å². The largest absolute Gasteiger partial charge is 0.368 e. The smallest absolute Gasteiger partial charge is 0.146 e. The van der Waals surface area contributed by atoms with Gasteiger partial charge in [-0.3, -0.25) is 0 Å². The topological polar surface area (TPSA) is 27.0 Å². The van der Waals surface area contributed by atoms with Crippen molar-refractivity contribution >= 4 is 5.69 Å². The Hall–Kier alpha value is -2.41. The van der Waals surface area contributed by atoms with Crippen molar-refractivity contribution in [2.24, 2.45) is 0 Å². The van der Waals surface area contributed by atoms with Gasteiger partial charge in [-0.1, -0.05) is 12.1 Å². The molecule has 4 heteroatoms. The zero-order valence-electron chi connectivity index (χ0n) is 10.4. The monoisotopic (exact) mass is 258 g/mol. The van der Waals surface area contributed by atoms with Gasteiger partial charge in [0.2, 0.25) is 0 Å². The van der Waals surface area contributed by atoms with E-state index in [1.807, 2.05) is 6.07 Å². The first-order valence-corrected chi connectivity index (χ1v) is 5.76. The van der Waals surface area contributed by atoms with Crippen molar-refractivity contribution in [3.63, 3.8) is 0 Å². The van der Waals surface area contributed by atoms with E-state index >= 15 is 0 Å². The second kappa shape index (κ2) is 5.49. The fourth-order valence-electron chi connectivity index (χ4n) is 1.87. The fraction of sp³-hybridized carbons (Fsp3) is 0.133. The van der Waals surface area contributed by atoms with Gasteiger partial charge >= 0.3 is 0 Å². The highest BCUT2D eigenvalue weighted by Gasteiger charge is 2.10. The summed E-state index contributed by atoms with van der Waals surface area (Å²) in [6.45, 7) is 0.197. The second-order valence-electron chi connectivity index (χ2n) is 4.23. The zero-order valence-corrected chi connectivity index (χ0v) is 10.4. The van der Waals surface area contributed by atoms with Crippen molar-refractivity contribution in [3.8, 4) is 6.07 Å². The minimum absolute atomic E-state index is 0.197. The molecule has 0 amide bonds. The molecule has 0 heterocycles. The maximum Gasteiger partial charge on any atom is 0.146 e. The maximum atomic E-state index is 13.7. The highest BCUT2D eigenvalue weighted by Crippen LogP contribution is 2.20. The van der Waals surface area contributed by atoms with E-state index in [1.165, 1.54) is 24.3 Å². The Kier molecular flexibility index (Phi) is 3.76. The molecule has 0 saturated carbocycles. The fourth-order valence-corrected chi connectivity index (χ4v) is 1.87. The molecule has 0 aliphatic heterocycles. The number of halogens is 2. The van der Waals surface area contributed by atoms with Crippen LogP contribution >= 0.6 is 0 Å². The highest BCUT2D eigenvalue weighted by molar-refractivity contribution is 5.48. The summed E-state index contributed by atoms with van der Waals surface area (Å²) in [5.41, 5.74) is 1.15. The molecule has 0 unspecified atom stereocenters. The van der Waals surface area contributed by atoms with Crippen molar-refractivity contribution in [1.82, 2.24) is 0 Å². The van der Waals surface area contributed by atoms with E-state index < -0.39 is 5.82 Å². The first kappa shape index (κ1) is 13.0. The van der Waals surface area contributed by atoms with E-state index in [0.717, 1.165) is 0 Å². The molecule has 2 nitrogen and oxygen atoms in total. The van der Waals surface area contributed by atoms with Crippen LogP contribution < -0.4 is 4.90 Å². The Morgan fingerprint density at radius 1 is 1.11 bits per heavy atom. The van der Waals surface area contributed by atoms with Crippen LogP contribution in [0.3, 0.4) is 0 Å². The van der Waals surface area contributed by atoms with Crippen molar-refractivity contribution in [2.45, 2.75) is 6.54 Å². The normalized spacial score (nSPS) is 10.0. The molecule has 2 rings (SSSR count). The molecule has 2 aromatic rings. The zero-order chi connectivity index (χ0) is 13.8. The lowest BCUT2D eigenvalue weighted by Crippen LogP contribution is -2.18. The van der Waals surface area contributed by atoms with E-state index in [4.69, 9.17) is 5.26 Å². The molecule has 19 heavy (non-hydrogen) atoms. The standard InChI is InChI=1S/C15H12F2N2/c1-19(15-5-3-2-4-14(15)17)10-12-8-11(9-18)6-7-13(12)16/h2-8H,10H2,1H3. The Balaban J connectivity index is 2.27. The Bertz CT molecular complexity index is 632. The van der Waals surface area contributed by atoms with Crippen LogP contribution in [-0.2, 0) is 6.54 Å². The predicted octanol–water partition coefficient (Wildman–Crippen LogP) is 3.47. The molecule has 0 spiro atoms.